The Morgan fingerprint density at radius 2 is 1.72 bits per heavy atom. The van der Waals surface area contributed by atoms with Crippen LogP contribution in [-0.4, -0.2) is 21.9 Å². The quantitative estimate of drug-likeness (QED) is 0.748. The van der Waals surface area contributed by atoms with E-state index in [9.17, 15) is 4.79 Å². The molecule has 0 atom stereocenters. The largest absolute Gasteiger partial charge is 0.484 e. The number of aryl methyl sites for hydroxylation is 3. The predicted octanol–water partition coefficient (Wildman–Crippen LogP) is 4.15. The van der Waals surface area contributed by atoms with Gasteiger partial charge in [0.25, 0.3) is 5.91 Å². The highest BCUT2D eigenvalue weighted by atomic mass is 32.1. The minimum Gasteiger partial charge on any atom is -0.484 e. The molecule has 1 heterocycles. The molecule has 128 valence electrons. The van der Waals surface area contributed by atoms with Crippen molar-refractivity contribution in [2.24, 2.45) is 0 Å². The number of hydrogen-bond acceptors (Lipinski definition) is 5. The van der Waals surface area contributed by atoms with Crippen LogP contribution in [0, 0.1) is 20.8 Å². The number of carbonyl (C=O) groups excluding carboxylic acids is 1. The zero-order valence-corrected chi connectivity index (χ0v) is 15.2. The molecule has 0 radical (unpaired) electrons. The standard InChI is InChI=1S/C19H19N3O2S/c1-12-4-6-15(7-5-12)18-21-19(25-22-18)20-17(23)11-24-16-9-13(2)8-14(3)10-16/h4-10H,11H2,1-3H3,(H,20,21,22,23). The molecule has 1 amide bonds. The van der Waals surface area contributed by atoms with E-state index in [0.29, 0.717) is 16.7 Å². The van der Waals surface area contributed by atoms with Gasteiger partial charge in [0, 0.05) is 17.1 Å². The number of anilines is 1. The first kappa shape index (κ1) is 17.1. The molecule has 0 saturated carbocycles. The van der Waals surface area contributed by atoms with Crippen LogP contribution < -0.4 is 10.1 Å². The van der Waals surface area contributed by atoms with Crippen LogP contribution in [0.25, 0.3) is 11.4 Å². The number of hydrogen-bond donors (Lipinski definition) is 1. The van der Waals surface area contributed by atoms with Crippen molar-refractivity contribution in [3.05, 3.63) is 59.2 Å². The number of rotatable bonds is 5. The zero-order valence-electron chi connectivity index (χ0n) is 14.4. The molecule has 2 aromatic carbocycles. The van der Waals surface area contributed by atoms with E-state index < -0.39 is 0 Å². The van der Waals surface area contributed by atoms with Gasteiger partial charge >= 0.3 is 0 Å². The fraction of sp³-hybridized carbons (Fsp3) is 0.211. The van der Waals surface area contributed by atoms with Crippen molar-refractivity contribution in [2.75, 3.05) is 11.9 Å². The van der Waals surface area contributed by atoms with Gasteiger partial charge in [-0.15, -0.1) is 0 Å². The number of carbonyl (C=O) groups is 1. The molecule has 25 heavy (non-hydrogen) atoms. The third kappa shape index (κ3) is 4.64. The van der Waals surface area contributed by atoms with Crippen LogP contribution in [0.1, 0.15) is 16.7 Å². The van der Waals surface area contributed by atoms with Gasteiger partial charge in [-0.2, -0.15) is 9.36 Å². The molecule has 1 aromatic heterocycles. The lowest BCUT2D eigenvalue weighted by Crippen LogP contribution is -2.20. The molecule has 0 aliphatic carbocycles. The first-order valence-electron chi connectivity index (χ1n) is 7.91. The maximum atomic E-state index is 12.0. The van der Waals surface area contributed by atoms with Gasteiger partial charge in [-0.25, -0.2) is 0 Å². The van der Waals surface area contributed by atoms with E-state index in [2.05, 4.69) is 20.7 Å². The molecule has 3 rings (SSSR count). The fourth-order valence-electron chi connectivity index (χ4n) is 2.41. The monoisotopic (exact) mass is 353 g/mol. The third-order valence-electron chi connectivity index (χ3n) is 3.55. The number of ether oxygens (including phenoxy) is 1. The summed E-state index contributed by atoms with van der Waals surface area (Å²) in [5, 5.41) is 3.19. The van der Waals surface area contributed by atoms with E-state index in [1.54, 1.807) is 0 Å². The first-order valence-corrected chi connectivity index (χ1v) is 8.68. The van der Waals surface area contributed by atoms with Gasteiger partial charge in [-0.05, 0) is 44.0 Å². The van der Waals surface area contributed by atoms with Crippen LogP contribution in [0.5, 0.6) is 5.75 Å². The summed E-state index contributed by atoms with van der Waals surface area (Å²) in [7, 11) is 0. The molecule has 0 aliphatic heterocycles. The molecule has 0 saturated heterocycles. The average molecular weight is 353 g/mol. The highest BCUT2D eigenvalue weighted by Gasteiger charge is 2.10. The summed E-state index contributed by atoms with van der Waals surface area (Å²) in [5.41, 5.74) is 4.30. The Bertz CT molecular complexity index is 868. The Kier molecular flexibility index (Phi) is 5.09. The Labute approximate surface area is 150 Å². The summed E-state index contributed by atoms with van der Waals surface area (Å²) in [6, 6.07) is 13.8. The van der Waals surface area contributed by atoms with Gasteiger partial charge in [-0.3, -0.25) is 10.1 Å². The van der Waals surface area contributed by atoms with Gasteiger partial charge in [0.1, 0.15) is 5.75 Å². The van der Waals surface area contributed by atoms with Crippen LogP contribution in [0.4, 0.5) is 5.13 Å². The minimum atomic E-state index is -0.259. The second-order valence-corrected chi connectivity index (χ2v) is 6.70. The summed E-state index contributed by atoms with van der Waals surface area (Å²) in [6.07, 6.45) is 0. The number of amides is 1. The van der Waals surface area contributed by atoms with Gasteiger partial charge in [0.15, 0.2) is 12.4 Å². The van der Waals surface area contributed by atoms with E-state index in [0.717, 1.165) is 28.2 Å². The fourth-order valence-corrected chi connectivity index (χ4v) is 3.02. The zero-order chi connectivity index (χ0) is 17.8. The van der Waals surface area contributed by atoms with E-state index >= 15 is 0 Å². The highest BCUT2D eigenvalue weighted by molar-refractivity contribution is 7.10. The summed E-state index contributed by atoms with van der Waals surface area (Å²) in [6.45, 7) is 5.95. The van der Waals surface area contributed by atoms with Crippen LogP contribution >= 0.6 is 11.5 Å². The highest BCUT2D eigenvalue weighted by Crippen LogP contribution is 2.21. The van der Waals surface area contributed by atoms with Gasteiger partial charge < -0.3 is 4.74 Å². The summed E-state index contributed by atoms with van der Waals surface area (Å²) in [5.74, 6) is 1.03. The number of nitrogens with zero attached hydrogens (tertiary/aromatic N) is 2. The predicted molar refractivity (Wildman–Crippen MR) is 100 cm³/mol. The molecule has 0 fully saturated rings. The molecule has 3 aromatic rings. The normalized spacial score (nSPS) is 10.5. The van der Waals surface area contributed by atoms with Crippen molar-refractivity contribution >= 4 is 22.6 Å². The van der Waals surface area contributed by atoms with E-state index in [4.69, 9.17) is 4.74 Å². The van der Waals surface area contributed by atoms with Crippen LogP contribution in [0.3, 0.4) is 0 Å². The molecule has 6 heteroatoms. The van der Waals surface area contributed by atoms with Crippen molar-refractivity contribution in [1.82, 2.24) is 9.36 Å². The number of benzene rings is 2. The van der Waals surface area contributed by atoms with Gasteiger partial charge in [-0.1, -0.05) is 35.9 Å². The van der Waals surface area contributed by atoms with Crippen molar-refractivity contribution in [1.29, 1.82) is 0 Å². The Balaban J connectivity index is 1.59. The lowest BCUT2D eigenvalue weighted by Gasteiger charge is -2.07. The summed E-state index contributed by atoms with van der Waals surface area (Å²) < 4.78 is 9.84. The lowest BCUT2D eigenvalue weighted by atomic mass is 10.1. The number of aromatic nitrogens is 2. The summed E-state index contributed by atoms with van der Waals surface area (Å²) in [4.78, 5) is 16.4. The second-order valence-electron chi connectivity index (χ2n) is 5.95. The maximum Gasteiger partial charge on any atom is 0.264 e. The second kappa shape index (κ2) is 7.44. The Hall–Kier alpha value is -2.73. The SMILES string of the molecule is Cc1ccc(-c2nsc(NC(=O)COc3cc(C)cc(C)c3)n2)cc1. The Morgan fingerprint density at radius 1 is 1.04 bits per heavy atom. The molecule has 0 bridgehead atoms. The molecular weight excluding hydrogens is 334 g/mol. The number of nitrogens with one attached hydrogen (secondary N) is 1. The first-order chi connectivity index (χ1) is 12.0. The summed E-state index contributed by atoms with van der Waals surface area (Å²) >= 11 is 1.15. The third-order valence-corrected chi connectivity index (χ3v) is 4.18. The lowest BCUT2D eigenvalue weighted by molar-refractivity contribution is -0.118. The smallest absolute Gasteiger partial charge is 0.264 e. The van der Waals surface area contributed by atoms with Gasteiger partial charge in [0.2, 0.25) is 5.13 Å². The van der Waals surface area contributed by atoms with E-state index in [1.807, 2.05) is 57.2 Å². The maximum absolute atomic E-state index is 12.0. The molecule has 1 N–H and O–H groups in total. The molecular formula is C19H19N3O2S. The van der Waals surface area contributed by atoms with Crippen LogP contribution in [0.15, 0.2) is 42.5 Å². The van der Waals surface area contributed by atoms with E-state index in [-0.39, 0.29) is 12.5 Å². The molecule has 0 spiro atoms. The van der Waals surface area contributed by atoms with Crippen molar-refractivity contribution in [3.8, 4) is 17.1 Å². The topological polar surface area (TPSA) is 64.1 Å². The molecule has 0 aliphatic rings. The van der Waals surface area contributed by atoms with E-state index in [1.165, 1.54) is 5.56 Å². The Morgan fingerprint density at radius 3 is 2.40 bits per heavy atom. The minimum absolute atomic E-state index is 0.0671. The van der Waals surface area contributed by atoms with Crippen molar-refractivity contribution < 1.29 is 9.53 Å². The van der Waals surface area contributed by atoms with Crippen LogP contribution in [0.2, 0.25) is 0 Å². The van der Waals surface area contributed by atoms with Crippen molar-refractivity contribution in [3.63, 3.8) is 0 Å². The van der Waals surface area contributed by atoms with Gasteiger partial charge in [0.05, 0.1) is 0 Å². The van der Waals surface area contributed by atoms with Crippen molar-refractivity contribution in [2.45, 2.75) is 20.8 Å². The molecule has 0 unspecified atom stereocenters. The average Bonchev–Trinajstić information content (AvgIpc) is 3.01. The van der Waals surface area contributed by atoms with Crippen LogP contribution in [-0.2, 0) is 4.79 Å². The molecule has 5 nitrogen and oxygen atoms in total.